The molecule has 9 nitrogen and oxygen atoms in total. The second-order valence-corrected chi connectivity index (χ2v) is 3.17. The normalized spacial score (nSPS) is 10.9. The molecule has 0 radical (unpaired) electrons. The van der Waals surface area contributed by atoms with Crippen molar-refractivity contribution < 1.29 is 20.1 Å². The molecule has 0 spiro atoms. The summed E-state index contributed by atoms with van der Waals surface area (Å²) in [6, 6.07) is 1.87. The monoisotopic (exact) mass is 249 g/mol. The Balaban J connectivity index is 2.39. The van der Waals surface area contributed by atoms with E-state index in [0.717, 1.165) is 12.1 Å². The number of aromatic nitrogens is 3. The Kier molecular flexibility index (Phi) is 2.87. The number of benzene rings is 1. The average molecular weight is 249 g/mol. The third-order valence-electron chi connectivity index (χ3n) is 1.98. The molecular formula is C9H7N5O4. The predicted octanol–water partition coefficient (Wildman–Crippen LogP) is 1.33. The first kappa shape index (κ1) is 11.5. The number of aromatic amines is 1. The largest absolute Gasteiger partial charge is 0.507 e. The van der Waals surface area contributed by atoms with Crippen LogP contribution < -0.4 is 0 Å². The van der Waals surface area contributed by atoms with Crippen molar-refractivity contribution in [1.82, 2.24) is 15.2 Å². The standard InChI is InChI=1S/C9H7N5O4/c15-6-2-7(16)5(1-4(6)8(17)18)12-14-9-10-3-11-13-9/h1-3,15-16H,(H,17,18)(H,10,11,13). The first-order valence-electron chi connectivity index (χ1n) is 4.64. The molecule has 1 heterocycles. The van der Waals surface area contributed by atoms with Crippen LogP contribution in [0.1, 0.15) is 10.4 Å². The summed E-state index contributed by atoms with van der Waals surface area (Å²) in [7, 11) is 0. The Morgan fingerprint density at radius 1 is 1.22 bits per heavy atom. The number of phenols is 2. The van der Waals surface area contributed by atoms with Crippen LogP contribution in [0.5, 0.6) is 11.5 Å². The van der Waals surface area contributed by atoms with Gasteiger partial charge in [0.15, 0.2) is 0 Å². The SMILES string of the molecule is O=C(O)c1cc(N=Nc2ncn[nH]2)c(O)cc1O. The van der Waals surface area contributed by atoms with Crippen LogP contribution in [0, 0.1) is 0 Å². The van der Waals surface area contributed by atoms with E-state index in [9.17, 15) is 15.0 Å². The van der Waals surface area contributed by atoms with E-state index in [2.05, 4.69) is 25.4 Å². The molecule has 0 fully saturated rings. The van der Waals surface area contributed by atoms with Crippen molar-refractivity contribution in [3.05, 3.63) is 24.0 Å². The number of nitrogens with zero attached hydrogens (tertiary/aromatic N) is 4. The molecule has 0 amide bonds. The summed E-state index contributed by atoms with van der Waals surface area (Å²) in [5, 5.41) is 40.7. The number of aromatic carboxylic acids is 1. The second-order valence-electron chi connectivity index (χ2n) is 3.17. The number of carbonyl (C=O) groups is 1. The van der Waals surface area contributed by atoms with Crippen molar-refractivity contribution in [3.63, 3.8) is 0 Å². The smallest absolute Gasteiger partial charge is 0.339 e. The van der Waals surface area contributed by atoms with Crippen LogP contribution in [0.4, 0.5) is 11.6 Å². The number of carboxylic acid groups (broad SMARTS) is 1. The van der Waals surface area contributed by atoms with Gasteiger partial charge >= 0.3 is 5.97 Å². The lowest BCUT2D eigenvalue weighted by Gasteiger charge is -2.02. The fraction of sp³-hybridized carbons (Fsp3) is 0. The molecule has 9 heteroatoms. The molecule has 0 aliphatic heterocycles. The van der Waals surface area contributed by atoms with Crippen LogP contribution in [0.25, 0.3) is 0 Å². The number of rotatable bonds is 3. The summed E-state index contributed by atoms with van der Waals surface area (Å²) in [6.45, 7) is 0. The highest BCUT2D eigenvalue weighted by Crippen LogP contribution is 2.34. The lowest BCUT2D eigenvalue weighted by molar-refractivity contribution is 0.0694. The molecule has 1 aromatic heterocycles. The van der Waals surface area contributed by atoms with Crippen LogP contribution in [-0.2, 0) is 0 Å². The minimum absolute atomic E-state index is 0.0966. The molecule has 0 saturated carbocycles. The number of carboxylic acids is 1. The van der Waals surface area contributed by atoms with Gasteiger partial charge < -0.3 is 15.3 Å². The summed E-state index contributed by atoms with van der Waals surface area (Å²) in [4.78, 5) is 14.4. The molecule has 2 aromatic rings. The van der Waals surface area contributed by atoms with Crippen LogP contribution >= 0.6 is 0 Å². The topological polar surface area (TPSA) is 144 Å². The van der Waals surface area contributed by atoms with Crippen molar-refractivity contribution in [2.45, 2.75) is 0 Å². The van der Waals surface area contributed by atoms with Gasteiger partial charge in [0.2, 0.25) is 0 Å². The van der Waals surface area contributed by atoms with Gasteiger partial charge in [0.05, 0.1) is 0 Å². The summed E-state index contributed by atoms with van der Waals surface area (Å²) in [6.07, 6.45) is 1.22. The van der Waals surface area contributed by atoms with Crippen molar-refractivity contribution in [1.29, 1.82) is 0 Å². The van der Waals surface area contributed by atoms with Gasteiger partial charge in [0, 0.05) is 6.07 Å². The number of azo groups is 1. The van der Waals surface area contributed by atoms with Crippen LogP contribution in [-0.4, -0.2) is 36.5 Å². The van der Waals surface area contributed by atoms with Gasteiger partial charge in [0.1, 0.15) is 29.1 Å². The molecular weight excluding hydrogens is 242 g/mol. The lowest BCUT2D eigenvalue weighted by Crippen LogP contribution is -1.96. The number of hydrogen-bond acceptors (Lipinski definition) is 7. The van der Waals surface area contributed by atoms with Crippen LogP contribution in [0.2, 0.25) is 0 Å². The third kappa shape index (κ3) is 2.24. The quantitative estimate of drug-likeness (QED) is 0.604. The van der Waals surface area contributed by atoms with Crippen molar-refractivity contribution in [2.75, 3.05) is 0 Å². The molecule has 0 unspecified atom stereocenters. The second kappa shape index (κ2) is 4.49. The Morgan fingerprint density at radius 3 is 2.61 bits per heavy atom. The zero-order valence-corrected chi connectivity index (χ0v) is 8.77. The fourth-order valence-corrected chi connectivity index (χ4v) is 1.17. The zero-order valence-electron chi connectivity index (χ0n) is 8.77. The highest BCUT2D eigenvalue weighted by Gasteiger charge is 2.14. The Bertz CT molecular complexity index is 608. The number of aromatic hydroxyl groups is 2. The maximum absolute atomic E-state index is 10.8. The zero-order chi connectivity index (χ0) is 13.1. The van der Waals surface area contributed by atoms with Gasteiger partial charge in [-0.2, -0.15) is 10.1 Å². The first-order valence-corrected chi connectivity index (χ1v) is 4.64. The van der Waals surface area contributed by atoms with E-state index in [1.54, 1.807) is 0 Å². The summed E-state index contributed by atoms with van der Waals surface area (Å²) >= 11 is 0. The molecule has 2 rings (SSSR count). The molecule has 0 aliphatic rings. The van der Waals surface area contributed by atoms with Crippen molar-refractivity contribution >= 4 is 17.6 Å². The number of H-pyrrole nitrogens is 1. The molecule has 0 aliphatic carbocycles. The summed E-state index contributed by atoms with van der Waals surface area (Å²) < 4.78 is 0. The van der Waals surface area contributed by atoms with Gasteiger partial charge in [-0.05, 0) is 6.07 Å². The maximum atomic E-state index is 10.8. The maximum Gasteiger partial charge on any atom is 0.339 e. The summed E-state index contributed by atoms with van der Waals surface area (Å²) in [5.74, 6) is -2.21. The first-order chi connectivity index (χ1) is 8.58. The van der Waals surface area contributed by atoms with Crippen molar-refractivity contribution in [3.8, 4) is 11.5 Å². The number of hydrogen-bond donors (Lipinski definition) is 4. The Labute approximate surface area is 99.5 Å². The van der Waals surface area contributed by atoms with E-state index in [4.69, 9.17) is 5.11 Å². The molecule has 18 heavy (non-hydrogen) atoms. The fourth-order valence-electron chi connectivity index (χ4n) is 1.17. The average Bonchev–Trinajstić information content (AvgIpc) is 2.80. The molecule has 4 N–H and O–H groups in total. The van der Waals surface area contributed by atoms with E-state index in [1.165, 1.54) is 6.33 Å². The van der Waals surface area contributed by atoms with E-state index >= 15 is 0 Å². The molecule has 1 aromatic carbocycles. The van der Waals surface area contributed by atoms with Gasteiger partial charge in [0.25, 0.3) is 5.95 Å². The highest BCUT2D eigenvalue weighted by atomic mass is 16.4. The highest BCUT2D eigenvalue weighted by molar-refractivity contribution is 5.92. The number of phenolic OH excluding ortho intramolecular Hbond substituents is 1. The van der Waals surface area contributed by atoms with Crippen molar-refractivity contribution in [2.24, 2.45) is 10.2 Å². The molecule has 0 saturated heterocycles. The Hall–Kier alpha value is -2.97. The van der Waals surface area contributed by atoms with E-state index in [1.807, 2.05) is 0 Å². The van der Waals surface area contributed by atoms with Crippen LogP contribution in [0.15, 0.2) is 28.7 Å². The molecule has 0 atom stereocenters. The van der Waals surface area contributed by atoms with Crippen LogP contribution in [0.3, 0.4) is 0 Å². The lowest BCUT2D eigenvalue weighted by atomic mass is 10.1. The van der Waals surface area contributed by atoms with Gasteiger partial charge in [-0.3, -0.25) is 0 Å². The van der Waals surface area contributed by atoms with Gasteiger partial charge in [-0.25, -0.2) is 9.89 Å². The van der Waals surface area contributed by atoms with Gasteiger partial charge in [-0.1, -0.05) is 0 Å². The summed E-state index contributed by atoms with van der Waals surface area (Å²) in [5.41, 5.74) is -0.499. The van der Waals surface area contributed by atoms with E-state index < -0.39 is 17.5 Å². The van der Waals surface area contributed by atoms with E-state index in [-0.39, 0.29) is 17.2 Å². The van der Waals surface area contributed by atoms with E-state index in [0.29, 0.717) is 0 Å². The molecule has 0 bridgehead atoms. The molecule has 92 valence electrons. The van der Waals surface area contributed by atoms with Gasteiger partial charge in [-0.15, -0.1) is 10.2 Å². The third-order valence-corrected chi connectivity index (χ3v) is 1.98. The predicted molar refractivity (Wildman–Crippen MR) is 57.3 cm³/mol. The number of nitrogens with one attached hydrogen (secondary N) is 1. The Morgan fingerprint density at radius 2 is 2.00 bits per heavy atom. The minimum atomic E-state index is -1.34. The minimum Gasteiger partial charge on any atom is -0.507 e.